The molecule has 0 heterocycles. The SMILES string of the molecule is [CH3][Ga]([CH3])[CH2]C(C)(C)C. The van der Waals surface area contributed by atoms with Gasteiger partial charge in [0.25, 0.3) is 0 Å². The average molecular weight is 171 g/mol. The zero-order chi connectivity index (χ0) is 6.78. The van der Waals surface area contributed by atoms with Crippen LogP contribution in [-0.4, -0.2) is 16.2 Å². The van der Waals surface area contributed by atoms with Gasteiger partial charge in [-0.25, -0.2) is 0 Å². The fourth-order valence-corrected chi connectivity index (χ4v) is 6.36. The van der Waals surface area contributed by atoms with Crippen LogP contribution in [0.3, 0.4) is 0 Å². The first-order chi connectivity index (χ1) is 3.42. The second-order valence-corrected chi connectivity index (χ2v) is 10.9. The minimum absolute atomic E-state index is 0.605. The van der Waals surface area contributed by atoms with Gasteiger partial charge in [0, 0.05) is 0 Å². The number of hydrogen-bond donors (Lipinski definition) is 0. The molecule has 0 nitrogen and oxygen atoms in total. The monoisotopic (exact) mass is 170 g/mol. The summed E-state index contributed by atoms with van der Waals surface area (Å²) in [4.78, 5) is 1.51. The molecule has 0 aliphatic heterocycles. The minimum atomic E-state index is -0.694. The topological polar surface area (TPSA) is 0 Å². The first kappa shape index (κ1) is 8.64. The van der Waals surface area contributed by atoms with Crippen LogP contribution in [0.15, 0.2) is 0 Å². The zero-order valence-electron chi connectivity index (χ0n) is 6.78. The fraction of sp³-hybridized carbons (Fsp3) is 1.00. The summed E-state index contributed by atoms with van der Waals surface area (Å²) in [5, 5.41) is 0. The summed E-state index contributed by atoms with van der Waals surface area (Å²) >= 11 is -0.694. The molecule has 0 bridgehead atoms. The van der Waals surface area contributed by atoms with Gasteiger partial charge in [-0.1, -0.05) is 0 Å². The molecule has 0 aromatic rings. The molecule has 48 valence electrons. The first-order valence-corrected chi connectivity index (χ1v) is 9.97. The predicted octanol–water partition coefficient (Wildman–Crippen LogP) is 2.79. The molecule has 1 heteroatoms. The Bertz CT molecular complexity index is 59.3. The quantitative estimate of drug-likeness (QED) is 0.532. The molecule has 8 heavy (non-hydrogen) atoms. The van der Waals surface area contributed by atoms with E-state index in [1.165, 1.54) is 4.98 Å². The molecule has 0 fully saturated rings. The van der Waals surface area contributed by atoms with E-state index in [2.05, 4.69) is 31.7 Å². The molecule has 0 aliphatic carbocycles. The van der Waals surface area contributed by atoms with Gasteiger partial charge in [-0.3, -0.25) is 0 Å². The Morgan fingerprint density at radius 3 is 1.50 bits per heavy atom. The predicted molar refractivity (Wildman–Crippen MR) is 41.7 cm³/mol. The van der Waals surface area contributed by atoms with Gasteiger partial charge in [-0.05, 0) is 0 Å². The van der Waals surface area contributed by atoms with Gasteiger partial charge < -0.3 is 0 Å². The maximum absolute atomic E-state index is 2.46. The van der Waals surface area contributed by atoms with Crippen LogP contribution < -0.4 is 0 Å². The van der Waals surface area contributed by atoms with Crippen molar-refractivity contribution >= 4 is 16.2 Å². The summed E-state index contributed by atoms with van der Waals surface area (Å²) in [6.07, 6.45) is 0. The molecule has 0 rings (SSSR count). The molecule has 0 saturated carbocycles. The van der Waals surface area contributed by atoms with Crippen LogP contribution in [0.2, 0.25) is 15.9 Å². The summed E-state index contributed by atoms with van der Waals surface area (Å²) < 4.78 is 0. The van der Waals surface area contributed by atoms with E-state index >= 15 is 0 Å². The van der Waals surface area contributed by atoms with E-state index in [9.17, 15) is 0 Å². The Morgan fingerprint density at radius 1 is 1.12 bits per heavy atom. The third kappa shape index (κ3) is 6.64. The Kier molecular flexibility index (Phi) is 3.21. The summed E-state index contributed by atoms with van der Waals surface area (Å²) in [5.41, 5.74) is 5.52. The Morgan fingerprint density at radius 2 is 1.50 bits per heavy atom. The van der Waals surface area contributed by atoms with Gasteiger partial charge in [0.1, 0.15) is 0 Å². The van der Waals surface area contributed by atoms with Crippen LogP contribution in [-0.2, 0) is 0 Å². The standard InChI is InChI=1S/C5H11.2CH3.Ga/c1-5(2,3)4;;;/h1H2,2-4H3;2*1H3;. The van der Waals surface area contributed by atoms with Crippen molar-refractivity contribution in [3.63, 3.8) is 0 Å². The third-order valence-corrected chi connectivity index (χ3v) is 5.30. The molecule has 0 aromatic heterocycles. The normalized spacial score (nSPS) is 11.6. The van der Waals surface area contributed by atoms with E-state index < -0.39 is 16.2 Å². The van der Waals surface area contributed by atoms with Crippen molar-refractivity contribution in [1.29, 1.82) is 0 Å². The molecular formula is C7H17Ga. The molecule has 0 aliphatic rings. The van der Waals surface area contributed by atoms with Crippen LogP contribution >= 0.6 is 0 Å². The van der Waals surface area contributed by atoms with Crippen molar-refractivity contribution in [2.24, 2.45) is 5.41 Å². The van der Waals surface area contributed by atoms with E-state index in [-0.39, 0.29) is 0 Å². The first-order valence-electron chi connectivity index (χ1n) is 3.42. The van der Waals surface area contributed by atoms with Gasteiger partial charge in [-0.15, -0.1) is 0 Å². The summed E-state index contributed by atoms with van der Waals surface area (Å²) in [7, 11) is 0. The fourth-order valence-electron chi connectivity index (χ4n) is 1.22. The molecule has 0 N–H and O–H groups in total. The summed E-state index contributed by atoms with van der Waals surface area (Å²) in [5.74, 6) is 0. The van der Waals surface area contributed by atoms with Crippen LogP contribution in [0.4, 0.5) is 0 Å². The number of rotatable bonds is 1. The van der Waals surface area contributed by atoms with Crippen molar-refractivity contribution in [2.45, 2.75) is 36.7 Å². The Balaban J connectivity index is 3.39. The van der Waals surface area contributed by atoms with Gasteiger partial charge in [0.05, 0.1) is 0 Å². The molecule has 0 unspecified atom stereocenters. The molecule has 0 spiro atoms. The Labute approximate surface area is 58.7 Å². The summed E-state index contributed by atoms with van der Waals surface area (Å²) in [6.45, 7) is 6.99. The van der Waals surface area contributed by atoms with Gasteiger partial charge in [0.15, 0.2) is 0 Å². The van der Waals surface area contributed by atoms with Gasteiger partial charge in [-0.2, -0.15) is 0 Å². The van der Waals surface area contributed by atoms with Crippen LogP contribution in [0.25, 0.3) is 0 Å². The van der Waals surface area contributed by atoms with Crippen LogP contribution in [0, 0.1) is 5.41 Å². The van der Waals surface area contributed by atoms with Crippen molar-refractivity contribution in [2.75, 3.05) is 0 Å². The number of hydrogen-bond acceptors (Lipinski definition) is 0. The van der Waals surface area contributed by atoms with Crippen molar-refractivity contribution < 1.29 is 0 Å². The van der Waals surface area contributed by atoms with E-state index in [1.54, 1.807) is 0 Å². The van der Waals surface area contributed by atoms with E-state index in [4.69, 9.17) is 0 Å². The maximum atomic E-state index is 2.46. The van der Waals surface area contributed by atoms with E-state index in [0.29, 0.717) is 5.41 Å². The van der Waals surface area contributed by atoms with Crippen LogP contribution in [0.5, 0.6) is 0 Å². The van der Waals surface area contributed by atoms with E-state index in [1.807, 2.05) is 0 Å². The second-order valence-electron chi connectivity index (χ2n) is 4.16. The zero-order valence-corrected chi connectivity index (χ0v) is 9.21. The third-order valence-electron chi connectivity index (χ3n) is 1.02. The molecule has 0 radical (unpaired) electrons. The van der Waals surface area contributed by atoms with Crippen LogP contribution in [0.1, 0.15) is 20.8 Å². The Hall–Kier alpha value is 0.636. The molecule has 0 saturated heterocycles. The summed E-state index contributed by atoms with van der Waals surface area (Å²) in [6, 6.07) is 0. The average Bonchev–Trinajstić information content (AvgIpc) is 1.21. The molecular weight excluding hydrogens is 154 g/mol. The second kappa shape index (κ2) is 2.97. The molecule has 0 atom stereocenters. The van der Waals surface area contributed by atoms with Crippen molar-refractivity contribution in [3.8, 4) is 0 Å². The molecule has 0 amide bonds. The van der Waals surface area contributed by atoms with Crippen molar-refractivity contribution in [3.05, 3.63) is 0 Å². The molecule has 0 aromatic carbocycles. The van der Waals surface area contributed by atoms with Gasteiger partial charge >= 0.3 is 58.3 Å². The van der Waals surface area contributed by atoms with Gasteiger partial charge in [0.2, 0.25) is 0 Å². The van der Waals surface area contributed by atoms with E-state index in [0.717, 1.165) is 0 Å². The van der Waals surface area contributed by atoms with Crippen molar-refractivity contribution in [1.82, 2.24) is 0 Å².